The van der Waals surface area contributed by atoms with Crippen LogP contribution in [0.4, 0.5) is 17.1 Å². The Hall–Kier alpha value is -7.42. The molecule has 0 N–H and O–H groups in total. The highest BCUT2D eigenvalue weighted by Gasteiger charge is 2.51. The van der Waals surface area contributed by atoms with Crippen LogP contribution >= 0.6 is 0 Å². The summed E-state index contributed by atoms with van der Waals surface area (Å²) >= 11 is 0. The average molecular weight is 725 g/mol. The molecule has 1 spiro atoms. The smallest absolute Gasteiger partial charge is 0.0755 e. The van der Waals surface area contributed by atoms with Gasteiger partial charge in [0.15, 0.2) is 0 Å². The lowest BCUT2D eigenvalue weighted by Crippen LogP contribution is -2.33. The van der Waals surface area contributed by atoms with Crippen LogP contribution in [-0.2, 0) is 5.41 Å². The molecule has 10 aromatic rings. The minimum atomic E-state index is -0.525. The first kappa shape index (κ1) is 31.9. The zero-order valence-corrected chi connectivity index (χ0v) is 31.2. The van der Waals surface area contributed by atoms with E-state index in [-0.39, 0.29) is 0 Å². The minimum absolute atomic E-state index is 0.525. The first-order valence-electron chi connectivity index (χ1n) is 19.8. The maximum absolute atomic E-state index is 2.51. The number of para-hydroxylation sites is 3. The Labute approximate surface area is 332 Å². The third-order valence-electron chi connectivity index (χ3n) is 12.4. The summed E-state index contributed by atoms with van der Waals surface area (Å²) in [5, 5.41) is 2.57. The molecule has 0 radical (unpaired) electrons. The van der Waals surface area contributed by atoms with Crippen LogP contribution in [0.1, 0.15) is 22.3 Å². The predicted molar refractivity (Wildman–Crippen MR) is 237 cm³/mol. The van der Waals surface area contributed by atoms with Crippen molar-refractivity contribution in [3.8, 4) is 39.1 Å². The highest BCUT2D eigenvalue weighted by Crippen LogP contribution is 2.63. The van der Waals surface area contributed by atoms with Gasteiger partial charge in [0.2, 0.25) is 0 Å². The van der Waals surface area contributed by atoms with E-state index in [1.54, 1.807) is 0 Å². The van der Waals surface area contributed by atoms with Crippen LogP contribution in [0.25, 0.3) is 60.9 Å². The molecule has 0 saturated carbocycles. The van der Waals surface area contributed by atoms with Crippen LogP contribution in [0.2, 0.25) is 0 Å². The second-order valence-corrected chi connectivity index (χ2v) is 15.2. The van der Waals surface area contributed by atoms with E-state index in [4.69, 9.17) is 0 Å². The van der Waals surface area contributed by atoms with E-state index in [0.717, 1.165) is 17.1 Å². The zero-order chi connectivity index (χ0) is 37.5. The molecular formula is C55H36N2. The Kier molecular flexibility index (Phi) is 6.88. The monoisotopic (exact) mass is 724 g/mol. The van der Waals surface area contributed by atoms with Crippen molar-refractivity contribution in [2.24, 2.45) is 0 Å². The molecule has 2 nitrogen and oxygen atoms in total. The van der Waals surface area contributed by atoms with Gasteiger partial charge in [0.1, 0.15) is 0 Å². The van der Waals surface area contributed by atoms with Gasteiger partial charge in [-0.25, -0.2) is 0 Å². The third kappa shape index (κ3) is 4.47. The summed E-state index contributed by atoms with van der Waals surface area (Å²) in [6.45, 7) is 0. The lowest BCUT2D eigenvalue weighted by Gasteiger charge is -2.39. The van der Waals surface area contributed by atoms with Gasteiger partial charge in [-0.05, 0) is 92.5 Å². The molecule has 1 aliphatic heterocycles. The lowest BCUT2D eigenvalue weighted by atomic mass is 9.65. The summed E-state index contributed by atoms with van der Waals surface area (Å²) in [5.41, 5.74) is 19.2. The molecule has 1 atom stereocenters. The van der Waals surface area contributed by atoms with E-state index in [1.165, 1.54) is 83.1 Å². The summed E-state index contributed by atoms with van der Waals surface area (Å²) in [7, 11) is 0. The van der Waals surface area contributed by atoms with Gasteiger partial charge in [-0.1, -0.05) is 176 Å². The maximum atomic E-state index is 2.51. The van der Waals surface area contributed by atoms with Gasteiger partial charge in [-0.3, -0.25) is 0 Å². The molecule has 0 fully saturated rings. The first-order chi connectivity index (χ1) is 28.3. The molecule has 57 heavy (non-hydrogen) atoms. The third-order valence-corrected chi connectivity index (χ3v) is 12.4. The van der Waals surface area contributed by atoms with Gasteiger partial charge in [-0.15, -0.1) is 0 Å². The normalized spacial score (nSPS) is 14.7. The van der Waals surface area contributed by atoms with Crippen molar-refractivity contribution in [2.75, 3.05) is 4.90 Å². The van der Waals surface area contributed by atoms with E-state index in [9.17, 15) is 0 Å². The summed E-state index contributed by atoms with van der Waals surface area (Å²) in [4.78, 5) is 2.46. The second-order valence-electron chi connectivity index (χ2n) is 15.2. The Morgan fingerprint density at radius 3 is 1.56 bits per heavy atom. The Morgan fingerprint density at radius 2 is 0.860 bits per heavy atom. The summed E-state index contributed by atoms with van der Waals surface area (Å²) in [5.74, 6) is 0. The number of rotatable bonds is 5. The molecule has 266 valence electrons. The number of hydrogen-bond acceptors (Lipinski definition) is 1. The largest absolute Gasteiger partial charge is 0.310 e. The van der Waals surface area contributed by atoms with E-state index in [1.807, 2.05) is 0 Å². The molecule has 12 rings (SSSR count). The fraction of sp³-hybridized carbons (Fsp3) is 0.0182. The molecular weight excluding hydrogens is 689 g/mol. The number of fused-ring (bicyclic) bond motifs is 12. The van der Waals surface area contributed by atoms with Gasteiger partial charge in [0, 0.05) is 27.7 Å². The van der Waals surface area contributed by atoms with Crippen molar-refractivity contribution in [2.45, 2.75) is 5.41 Å². The van der Waals surface area contributed by atoms with Gasteiger partial charge in [0.25, 0.3) is 0 Å². The van der Waals surface area contributed by atoms with Crippen molar-refractivity contribution in [1.29, 1.82) is 0 Å². The van der Waals surface area contributed by atoms with Crippen LogP contribution in [0, 0.1) is 0 Å². The van der Waals surface area contributed by atoms with Crippen LogP contribution < -0.4 is 4.90 Å². The van der Waals surface area contributed by atoms with Crippen molar-refractivity contribution in [1.82, 2.24) is 4.57 Å². The number of benzene rings is 9. The Bertz CT molecular complexity index is 3080. The molecule has 0 amide bonds. The summed E-state index contributed by atoms with van der Waals surface area (Å²) < 4.78 is 2.51. The predicted octanol–water partition coefficient (Wildman–Crippen LogP) is 14.3. The Balaban J connectivity index is 1.14. The molecule has 2 aliphatic rings. The maximum Gasteiger partial charge on any atom is 0.0755 e. The standard InChI is InChI=1S/C55H36N2/c1-3-15-37(16-4-1)39-29-33-41(34-30-39)56(42-35-31-40(32-36-42)38-17-5-2-6-18-38)52-28-14-24-48-53(52)45-20-7-9-22-46(45)55(48)47-23-10-12-27-51(47)57-50-26-11-8-19-43(50)44-21-13-25-49(55)54(44)57/h1-36H. The first-order valence-corrected chi connectivity index (χ1v) is 19.8. The topological polar surface area (TPSA) is 8.17 Å². The Morgan fingerprint density at radius 1 is 0.351 bits per heavy atom. The van der Waals surface area contributed by atoms with E-state index < -0.39 is 5.41 Å². The van der Waals surface area contributed by atoms with Crippen molar-refractivity contribution in [3.05, 3.63) is 241 Å². The fourth-order valence-corrected chi connectivity index (χ4v) is 10.1. The second kappa shape index (κ2) is 12.3. The number of anilines is 3. The lowest BCUT2D eigenvalue weighted by molar-refractivity contribution is 0.748. The summed E-state index contributed by atoms with van der Waals surface area (Å²) in [6.07, 6.45) is 0. The van der Waals surface area contributed by atoms with E-state index >= 15 is 0 Å². The van der Waals surface area contributed by atoms with Gasteiger partial charge in [-0.2, -0.15) is 0 Å². The van der Waals surface area contributed by atoms with Crippen LogP contribution in [0.15, 0.2) is 218 Å². The molecule has 1 aliphatic carbocycles. The van der Waals surface area contributed by atoms with Gasteiger partial charge >= 0.3 is 0 Å². The fourth-order valence-electron chi connectivity index (χ4n) is 10.1. The molecule has 0 saturated heterocycles. The zero-order valence-electron chi connectivity index (χ0n) is 31.2. The van der Waals surface area contributed by atoms with Crippen LogP contribution in [-0.4, -0.2) is 4.57 Å². The average Bonchev–Trinajstić information content (AvgIpc) is 3.79. The SMILES string of the molecule is c1ccc(-c2ccc(N(c3ccc(-c4ccccc4)cc3)c3cccc4c3-c3ccccc3C43c4ccccc4-n4c5ccccc5c5cccc3c54)cc2)cc1. The van der Waals surface area contributed by atoms with Crippen molar-refractivity contribution >= 4 is 38.9 Å². The highest BCUT2D eigenvalue weighted by molar-refractivity contribution is 6.13. The number of hydrogen-bond donors (Lipinski definition) is 0. The quantitative estimate of drug-likeness (QED) is 0.172. The van der Waals surface area contributed by atoms with Crippen LogP contribution in [0.3, 0.4) is 0 Å². The number of aromatic nitrogens is 1. The van der Waals surface area contributed by atoms with Crippen molar-refractivity contribution in [3.63, 3.8) is 0 Å². The molecule has 1 aromatic heterocycles. The molecule has 9 aromatic carbocycles. The van der Waals surface area contributed by atoms with Gasteiger partial charge in [0.05, 0.1) is 27.8 Å². The minimum Gasteiger partial charge on any atom is -0.310 e. The highest BCUT2D eigenvalue weighted by atomic mass is 15.1. The molecule has 1 unspecified atom stereocenters. The van der Waals surface area contributed by atoms with E-state index in [0.29, 0.717) is 0 Å². The molecule has 0 bridgehead atoms. The molecule has 2 heterocycles. The van der Waals surface area contributed by atoms with Crippen molar-refractivity contribution < 1.29 is 0 Å². The van der Waals surface area contributed by atoms with E-state index in [2.05, 4.69) is 228 Å². The van der Waals surface area contributed by atoms with Crippen LogP contribution in [0.5, 0.6) is 0 Å². The molecule has 2 heteroatoms. The number of nitrogens with zero attached hydrogens (tertiary/aromatic N) is 2. The summed E-state index contributed by atoms with van der Waals surface area (Å²) in [6, 6.07) is 80.5. The van der Waals surface area contributed by atoms with Gasteiger partial charge < -0.3 is 9.47 Å².